The van der Waals surface area contributed by atoms with Crippen LogP contribution in [0.4, 0.5) is 0 Å². The molecule has 0 radical (unpaired) electrons. The first-order valence-corrected chi connectivity index (χ1v) is 15.2. The van der Waals surface area contributed by atoms with Gasteiger partial charge in [-0.2, -0.15) is 0 Å². The maximum absolute atomic E-state index is 5.08. The lowest BCUT2D eigenvalue weighted by Gasteiger charge is -2.21. The summed E-state index contributed by atoms with van der Waals surface area (Å²) in [7, 11) is 0. The summed E-state index contributed by atoms with van der Waals surface area (Å²) in [5, 5.41) is 0. The average molecular weight is 579 g/mol. The van der Waals surface area contributed by atoms with Gasteiger partial charge in [-0.25, -0.2) is 15.0 Å². The molecule has 0 saturated heterocycles. The van der Waals surface area contributed by atoms with Crippen molar-refractivity contribution < 1.29 is 0 Å². The fraction of sp³-hybridized carbons (Fsp3) is 0.0732. The van der Waals surface area contributed by atoms with Gasteiger partial charge in [0.2, 0.25) is 0 Å². The second kappa shape index (κ2) is 10.8. The minimum absolute atomic E-state index is 0.123. The van der Waals surface area contributed by atoms with E-state index in [1.54, 1.807) is 0 Å². The van der Waals surface area contributed by atoms with E-state index in [0.29, 0.717) is 17.5 Å². The van der Waals surface area contributed by atoms with Crippen molar-refractivity contribution in [1.82, 2.24) is 19.9 Å². The monoisotopic (exact) mass is 578 g/mol. The molecule has 0 unspecified atom stereocenters. The van der Waals surface area contributed by atoms with Crippen molar-refractivity contribution in [2.45, 2.75) is 19.3 Å². The number of rotatable bonds is 5. The molecule has 8 rings (SSSR count). The summed E-state index contributed by atoms with van der Waals surface area (Å²) in [5.41, 5.74) is 12.0. The molecule has 1 aliphatic carbocycles. The number of benzene rings is 5. The summed E-state index contributed by atoms with van der Waals surface area (Å²) >= 11 is 0. The van der Waals surface area contributed by atoms with Gasteiger partial charge in [-0.05, 0) is 57.6 Å². The van der Waals surface area contributed by atoms with Crippen molar-refractivity contribution in [1.29, 1.82) is 0 Å². The van der Waals surface area contributed by atoms with E-state index in [-0.39, 0.29) is 5.41 Å². The van der Waals surface area contributed by atoms with Crippen LogP contribution in [0.2, 0.25) is 0 Å². The summed E-state index contributed by atoms with van der Waals surface area (Å²) in [5.74, 6) is 1.86. The molecule has 0 saturated carbocycles. The quantitative estimate of drug-likeness (QED) is 0.204. The van der Waals surface area contributed by atoms with Crippen molar-refractivity contribution in [2.75, 3.05) is 0 Å². The van der Waals surface area contributed by atoms with Crippen LogP contribution in [-0.4, -0.2) is 19.9 Å². The number of nitrogens with zero attached hydrogens (tertiary/aromatic N) is 4. The third kappa shape index (κ3) is 4.81. The van der Waals surface area contributed by atoms with Crippen LogP contribution in [0.15, 0.2) is 146 Å². The van der Waals surface area contributed by atoms with Gasteiger partial charge in [-0.3, -0.25) is 4.98 Å². The van der Waals surface area contributed by atoms with Crippen molar-refractivity contribution in [3.05, 3.63) is 157 Å². The lowest BCUT2D eigenvalue weighted by Crippen LogP contribution is -2.15. The third-order valence-corrected chi connectivity index (χ3v) is 8.80. The molecular weight excluding hydrogens is 548 g/mol. The van der Waals surface area contributed by atoms with Gasteiger partial charge in [0.25, 0.3) is 0 Å². The predicted octanol–water partition coefficient (Wildman–Crippen LogP) is 9.91. The van der Waals surface area contributed by atoms with Gasteiger partial charge in [-0.15, -0.1) is 0 Å². The van der Waals surface area contributed by atoms with Gasteiger partial charge in [0.1, 0.15) is 0 Å². The fourth-order valence-corrected chi connectivity index (χ4v) is 6.38. The Morgan fingerprint density at radius 3 is 1.67 bits per heavy atom. The topological polar surface area (TPSA) is 51.6 Å². The first-order chi connectivity index (χ1) is 22.0. The van der Waals surface area contributed by atoms with E-state index < -0.39 is 0 Å². The van der Waals surface area contributed by atoms with Crippen molar-refractivity contribution in [2.24, 2.45) is 0 Å². The predicted molar refractivity (Wildman–Crippen MR) is 182 cm³/mol. The Kier molecular flexibility index (Phi) is 6.42. The van der Waals surface area contributed by atoms with Crippen LogP contribution in [0.3, 0.4) is 0 Å². The molecule has 0 atom stereocenters. The Morgan fingerprint density at radius 1 is 0.400 bits per heavy atom. The molecule has 0 bridgehead atoms. The maximum atomic E-state index is 5.08. The lowest BCUT2D eigenvalue weighted by atomic mass is 9.82. The summed E-state index contributed by atoms with van der Waals surface area (Å²) in [6.45, 7) is 4.58. The number of hydrogen-bond acceptors (Lipinski definition) is 4. The normalized spacial score (nSPS) is 12.8. The highest BCUT2D eigenvalue weighted by Crippen LogP contribution is 2.49. The first kappa shape index (κ1) is 26.9. The number of aromatic nitrogens is 4. The van der Waals surface area contributed by atoms with Gasteiger partial charge in [0.05, 0.1) is 5.69 Å². The summed E-state index contributed by atoms with van der Waals surface area (Å²) in [4.78, 5) is 19.9. The highest BCUT2D eigenvalue weighted by molar-refractivity contribution is 5.83. The number of pyridine rings is 1. The minimum Gasteiger partial charge on any atom is -0.255 e. The van der Waals surface area contributed by atoms with Crippen LogP contribution in [0, 0.1) is 0 Å². The van der Waals surface area contributed by atoms with Crippen LogP contribution >= 0.6 is 0 Å². The molecule has 0 aliphatic heterocycles. The Balaban J connectivity index is 1.27. The Labute approximate surface area is 263 Å². The molecule has 5 aromatic carbocycles. The van der Waals surface area contributed by atoms with Crippen molar-refractivity contribution in [3.63, 3.8) is 0 Å². The van der Waals surface area contributed by atoms with Crippen LogP contribution in [0.1, 0.15) is 25.0 Å². The van der Waals surface area contributed by atoms with E-state index in [1.807, 2.05) is 42.6 Å². The summed E-state index contributed by atoms with van der Waals surface area (Å²) in [6, 6.07) is 48.3. The molecule has 0 fully saturated rings. The minimum atomic E-state index is -0.123. The van der Waals surface area contributed by atoms with E-state index in [4.69, 9.17) is 19.9 Å². The number of hydrogen-bond donors (Lipinski definition) is 0. The Hall–Kier alpha value is -5.74. The second-order valence-electron chi connectivity index (χ2n) is 12.0. The van der Waals surface area contributed by atoms with Gasteiger partial charge < -0.3 is 0 Å². The zero-order valence-electron chi connectivity index (χ0n) is 25.1. The molecule has 4 nitrogen and oxygen atoms in total. The molecule has 0 amide bonds. The molecule has 0 spiro atoms. The highest BCUT2D eigenvalue weighted by atomic mass is 15.0. The zero-order chi connectivity index (χ0) is 30.4. The summed E-state index contributed by atoms with van der Waals surface area (Å²) in [6.07, 6.45) is 1.86. The van der Waals surface area contributed by atoms with Crippen molar-refractivity contribution in [3.8, 4) is 67.7 Å². The Morgan fingerprint density at radius 2 is 0.956 bits per heavy atom. The van der Waals surface area contributed by atoms with Crippen LogP contribution in [0.5, 0.6) is 0 Å². The van der Waals surface area contributed by atoms with E-state index in [1.165, 1.54) is 22.3 Å². The molecule has 0 N–H and O–H groups in total. The van der Waals surface area contributed by atoms with Crippen LogP contribution < -0.4 is 0 Å². The molecule has 214 valence electrons. The van der Waals surface area contributed by atoms with Crippen LogP contribution in [0.25, 0.3) is 67.7 Å². The molecule has 7 aromatic rings. The summed E-state index contributed by atoms with van der Waals surface area (Å²) < 4.78 is 0. The standard InChI is InChI=1S/C41H30N4/c1-41(2)35-19-10-9-18-33(35)34-22-20-31(25-36(34)41)39-43-38(30-17-11-16-29(24-30)27-12-5-3-6-13-27)44-40(45-39)32-21-23-37(42-26-32)28-14-7-4-8-15-28/h3-26H,1-2H3. The smallest absolute Gasteiger partial charge is 0.165 e. The van der Waals surface area contributed by atoms with Gasteiger partial charge >= 0.3 is 0 Å². The molecule has 2 heterocycles. The van der Waals surface area contributed by atoms with Gasteiger partial charge in [-0.1, -0.05) is 129 Å². The van der Waals surface area contributed by atoms with Crippen LogP contribution in [-0.2, 0) is 5.41 Å². The molecule has 45 heavy (non-hydrogen) atoms. The third-order valence-electron chi connectivity index (χ3n) is 8.80. The largest absolute Gasteiger partial charge is 0.255 e. The second-order valence-corrected chi connectivity index (χ2v) is 12.0. The Bertz CT molecular complexity index is 2170. The molecular formula is C41H30N4. The SMILES string of the molecule is CC1(C)c2ccccc2-c2ccc(-c3nc(-c4ccc(-c5ccccc5)nc4)nc(-c4cccc(-c5ccccc5)c4)n3)cc21. The average Bonchev–Trinajstić information content (AvgIpc) is 3.34. The lowest BCUT2D eigenvalue weighted by molar-refractivity contribution is 0.660. The fourth-order valence-electron chi connectivity index (χ4n) is 6.38. The van der Waals surface area contributed by atoms with E-state index in [9.17, 15) is 0 Å². The van der Waals surface area contributed by atoms with Crippen molar-refractivity contribution >= 4 is 0 Å². The highest BCUT2D eigenvalue weighted by Gasteiger charge is 2.35. The van der Waals surface area contributed by atoms with Gasteiger partial charge in [0, 0.05) is 33.9 Å². The van der Waals surface area contributed by atoms with E-state index >= 15 is 0 Å². The van der Waals surface area contributed by atoms with E-state index in [0.717, 1.165) is 39.1 Å². The van der Waals surface area contributed by atoms with E-state index in [2.05, 4.69) is 117 Å². The molecule has 4 heteroatoms. The van der Waals surface area contributed by atoms with Gasteiger partial charge in [0.15, 0.2) is 17.5 Å². The maximum Gasteiger partial charge on any atom is 0.165 e. The molecule has 2 aromatic heterocycles. The zero-order valence-corrected chi connectivity index (χ0v) is 25.1. The first-order valence-electron chi connectivity index (χ1n) is 15.2. The number of fused-ring (bicyclic) bond motifs is 3. The molecule has 1 aliphatic rings.